The Morgan fingerprint density at radius 3 is 2.38 bits per heavy atom. The van der Waals surface area contributed by atoms with Gasteiger partial charge >= 0.3 is 0 Å². The lowest BCUT2D eigenvalue weighted by Crippen LogP contribution is -2.34. The summed E-state index contributed by atoms with van der Waals surface area (Å²) in [6, 6.07) is 7.08. The maximum atomic E-state index is 5.64. The first-order valence-corrected chi connectivity index (χ1v) is 5.51. The summed E-state index contributed by atoms with van der Waals surface area (Å²) >= 11 is 0. The molecule has 0 fully saturated rings. The second-order valence-electron chi connectivity index (χ2n) is 4.42. The van der Waals surface area contributed by atoms with Gasteiger partial charge in [0.15, 0.2) is 0 Å². The number of hydrogen-bond donors (Lipinski definition) is 1. The van der Waals surface area contributed by atoms with Crippen LogP contribution in [-0.2, 0) is 6.54 Å². The highest BCUT2D eigenvalue weighted by molar-refractivity contribution is 5.85. The molecule has 0 amide bonds. The molecule has 2 nitrogen and oxygen atoms in total. The fraction of sp³-hybridized carbons (Fsp3) is 0.538. The normalized spacial score (nSPS) is 12.4. The van der Waals surface area contributed by atoms with Gasteiger partial charge in [-0.15, -0.1) is 12.4 Å². The predicted molar refractivity (Wildman–Crippen MR) is 73.1 cm³/mol. The van der Waals surface area contributed by atoms with Crippen LogP contribution >= 0.6 is 12.4 Å². The van der Waals surface area contributed by atoms with Crippen molar-refractivity contribution in [2.75, 3.05) is 13.6 Å². The number of hydrogen-bond acceptors (Lipinski definition) is 2. The van der Waals surface area contributed by atoms with Crippen molar-refractivity contribution in [1.29, 1.82) is 0 Å². The van der Waals surface area contributed by atoms with Crippen LogP contribution in [0.4, 0.5) is 0 Å². The molecular formula is C13H23ClN2. The summed E-state index contributed by atoms with van der Waals surface area (Å²) in [5, 5.41) is 0. The van der Waals surface area contributed by atoms with Gasteiger partial charge in [0.25, 0.3) is 0 Å². The molecule has 3 heteroatoms. The fourth-order valence-electron chi connectivity index (χ4n) is 1.53. The molecule has 0 heterocycles. The SMILES string of the molecule is Cc1ccc(CN(C)C(C)CN)cc1C.Cl. The summed E-state index contributed by atoms with van der Waals surface area (Å²) in [6.07, 6.45) is 0. The minimum atomic E-state index is 0. The van der Waals surface area contributed by atoms with Crippen LogP contribution in [0.5, 0.6) is 0 Å². The van der Waals surface area contributed by atoms with E-state index >= 15 is 0 Å². The third-order valence-electron chi connectivity index (χ3n) is 3.10. The number of nitrogens with two attached hydrogens (primary N) is 1. The Labute approximate surface area is 105 Å². The summed E-state index contributed by atoms with van der Waals surface area (Å²) in [7, 11) is 2.12. The van der Waals surface area contributed by atoms with Gasteiger partial charge in [0.1, 0.15) is 0 Å². The second-order valence-corrected chi connectivity index (χ2v) is 4.42. The van der Waals surface area contributed by atoms with E-state index in [1.54, 1.807) is 0 Å². The van der Waals surface area contributed by atoms with Crippen LogP contribution in [0.25, 0.3) is 0 Å². The highest BCUT2D eigenvalue weighted by atomic mass is 35.5. The summed E-state index contributed by atoms with van der Waals surface area (Å²) in [5.41, 5.74) is 9.72. The Bertz CT molecular complexity index is 326. The molecule has 1 rings (SSSR count). The molecule has 2 N–H and O–H groups in total. The lowest BCUT2D eigenvalue weighted by Gasteiger charge is -2.23. The number of likely N-dealkylation sites (N-methyl/N-ethyl adjacent to an activating group) is 1. The van der Waals surface area contributed by atoms with E-state index < -0.39 is 0 Å². The van der Waals surface area contributed by atoms with Gasteiger partial charge < -0.3 is 5.73 Å². The van der Waals surface area contributed by atoms with Crippen molar-refractivity contribution in [3.05, 3.63) is 34.9 Å². The molecule has 0 spiro atoms. The number of benzene rings is 1. The van der Waals surface area contributed by atoms with Crippen molar-refractivity contribution in [3.8, 4) is 0 Å². The van der Waals surface area contributed by atoms with Gasteiger partial charge in [0.05, 0.1) is 0 Å². The van der Waals surface area contributed by atoms with E-state index in [0.717, 1.165) is 6.54 Å². The zero-order valence-electron chi connectivity index (χ0n) is 10.7. The van der Waals surface area contributed by atoms with E-state index in [2.05, 4.69) is 50.9 Å². The van der Waals surface area contributed by atoms with Crippen LogP contribution < -0.4 is 5.73 Å². The Morgan fingerprint density at radius 2 is 1.88 bits per heavy atom. The minimum Gasteiger partial charge on any atom is -0.329 e. The molecule has 1 unspecified atom stereocenters. The quantitative estimate of drug-likeness (QED) is 0.879. The smallest absolute Gasteiger partial charge is 0.0234 e. The van der Waals surface area contributed by atoms with Gasteiger partial charge in [-0.05, 0) is 44.5 Å². The third kappa shape index (κ3) is 4.12. The largest absolute Gasteiger partial charge is 0.329 e. The standard InChI is InChI=1S/C13H22N2.ClH/c1-10-5-6-13(7-11(10)2)9-15(4)12(3)8-14;/h5-7,12H,8-9,14H2,1-4H3;1H. The summed E-state index contributed by atoms with van der Waals surface area (Å²) in [6.45, 7) is 8.14. The van der Waals surface area contributed by atoms with Crippen molar-refractivity contribution in [3.63, 3.8) is 0 Å². The molecule has 1 atom stereocenters. The van der Waals surface area contributed by atoms with E-state index in [4.69, 9.17) is 5.73 Å². The molecule has 0 saturated carbocycles. The Balaban J connectivity index is 0.00000225. The molecule has 0 saturated heterocycles. The summed E-state index contributed by atoms with van der Waals surface area (Å²) < 4.78 is 0. The van der Waals surface area contributed by atoms with E-state index in [1.165, 1.54) is 16.7 Å². The molecule has 0 radical (unpaired) electrons. The Hall–Kier alpha value is -0.570. The van der Waals surface area contributed by atoms with Crippen molar-refractivity contribution in [2.24, 2.45) is 5.73 Å². The zero-order valence-corrected chi connectivity index (χ0v) is 11.5. The van der Waals surface area contributed by atoms with E-state index in [1.807, 2.05) is 0 Å². The Morgan fingerprint density at radius 1 is 1.25 bits per heavy atom. The summed E-state index contributed by atoms with van der Waals surface area (Å²) in [5.74, 6) is 0. The van der Waals surface area contributed by atoms with Crippen LogP contribution in [0.15, 0.2) is 18.2 Å². The van der Waals surface area contributed by atoms with Crippen LogP contribution in [0, 0.1) is 13.8 Å². The van der Waals surface area contributed by atoms with Crippen molar-refractivity contribution in [2.45, 2.75) is 33.4 Å². The second kappa shape index (κ2) is 6.89. The molecule has 0 aliphatic heterocycles. The number of aryl methyl sites for hydroxylation is 2. The zero-order chi connectivity index (χ0) is 11.4. The van der Waals surface area contributed by atoms with Crippen molar-refractivity contribution in [1.82, 2.24) is 4.90 Å². The molecule has 0 aliphatic carbocycles. The first-order valence-electron chi connectivity index (χ1n) is 5.51. The number of nitrogens with zero attached hydrogens (tertiary/aromatic N) is 1. The van der Waals surface area contributed by atoms with Crippen LogP contribution in [0.2, 0.25) is 0 Å². The van der Waals surface area contributed by atoms with Gasteiger partial charge in [-0.2, -0.15) is 0 Å². The van der Waals surface area contributed by atoms with E-state index in [-0.39, 0.29) is 12.4 Å². The monoisotopic (exact) mass is 242 g/mol. The Kier molecular flexibility index (Phi) is 6.65. The van der Waals surface area contributed by atoms with E-state index in [0.29, 0.717) is 12.6 Å². The predicted octanol–water partition coefficient (Wildman–Crippen LogP) is 2.50. The fourth-order valence-corrected chi connectivity index (χ4v) is 1.53. The highest BCUT2D eigenvalue weighted by Gasteiger charge is 2.07. The molecule has 1 aromatic rings. The third-order valence-corrected chi connectivity index (χ3v) is 3.10. The van der Waals surface area contributed by atoms with Crippen molar-refractivity contribution >= 4 is 12.4 Å². The topological polar surface area (TPSA) is 29.3 Å². The molecule has 0 bridgehead atoms. The average Bonchev–Trinajstić information content (AvgIpc) is 2.22. The first-order chi connectivity index (χ1) is 7.04. The lowest BCUT2D eigenvalue weighted by atomic mass is 10.1. The van der Waals surface area contributed by atoms with Gasteiger partial charge in [-0.3, -0.25) is 4.90 Å². The summed E-state index contributed by atoms with van der Waals surface area (Å²) in [4.78, 5) is 2.28. The van der Waals surface area contributed by atoms with E-state index in [9.17, 15) is 0 Å². The molecule has 16 heavy (non-hydrogen) atoms. The van der Waals surface area contributed by atoms with Crippen LogP contribution in [0.3, 0.4) is 0 Å². The minimum absolute atomic E-state index is 0. The molecular weight excluding hydrogens is 220 g/mol. The number of halogens is 1. The van der Waals surface area contributed by atoms with Crippen molar-refractivity contribution < 1.29 is 0 Å². The van der Waals surface area contributed by atoms with Crippen LogP contribution in [-0.4, -0.2) is 24.5 Å². The maximum absolute atomic E-state index is 5.64. The van der Waals surface area contributed by atoms with Gasteiger partial charge in [-0.25, -0.2) is 0 Å². The molecule has 0 aromatic heterocycles. The average molecular weight is 243 g/mol. The first kappa shape index (κ1) is 15.4. The molecule has 0 aliphatic rings. The number of rotatable bonds is 4. The molecule has 1 aromatic carbocycles. The van der Waals surface area contributed by atoms with Gasteiger partial charge in [-0.1, -0.05) is 18.2 Å². The van der Waals surface area contributed by atoms with Gasteiger partial charge in [0.2, 0.25) is 0 Å². The lowest BCUT2D eigenvalue weighted by molar-refractivity contribution is 0.255. The van der Waals surface area contributed by atoms with Gasteiger partial charge in [0, 0.05) is 19.1 Å². The molecule has 92 valence electrons. The maximum Gasteiger partial charge on any atom is 0.0234 e. The van der Waals surface area contributed by atoms with Crippen LogP contribution in [0.1, 0.15) is 23.6 Å². The highest BCUT2D eigenvalue weighted by Crippen LogP contribution is 2.12.